The van der Waals surface area contributed by atoms with Gasteiger partial charge in [-0.3, -0.25) is 4.99 Å². The molecule has 2 N–H and O–H groups in total. The first kappa shape index (κ1) is 18.7. The highest BCUT2D eigenvalue weighted by Gasteiger charge is 2.18. The van der Waals surface area contributed by atoms with Crippen molar-refractivity contribution in [2.75, 3.05) is 13.2 Å². The second-order valence-corrected chi connectivity index (χ2v) is 7.16. The van der Waals surface area contributed by atoms with Gasteiger partial charge in [-0.25, -0.2) is 0 Å². The van der Waals surface area contributed by atoms with Gasteiger partial charge >= 0.3 is 0 Å². The Morgan fingerprint density at radius 1 is 1.31 bits per heavy atom. The van der Waals surface area contributed by atoms with E-state index >= 15 is 0 Å². The molecular formula is C22H29N3O. The van der Waals surface area contributed by atoms with Crippen LogP contribution in [0.15, 0.2) is 28.3 Å². The molecular weight excluding hydrogens is 322 g/mol. The van der Waals surface area contributed by atoms with Crippen molar-refractivity contribution in [1.29, 1.82) is 0 Å². The molecule has 0 spiro atoms. The number of hydrogen-bond donors (Lipinski definition) is 1. The fraction of sp³-hybridized carbons (Fsp3) is 0.545. The summed E-state index contributed by atoms with van der Waals surface area (Å²) in [5, 5.41) is 3.99. The van der Waals surface area contributed by atoms with Crippen molar-refractivity contribution in [2.45, 2.75) is 58.0 Å². The second-order valence-electron chi connectivity index (χ2n) is 7.16. The summed E-state index contributed by atoms with van der Waals surface area (Å²) in [7, 11) is 0. The maximum atomic E-state index is 5.73. The average Bonchev–Trinajstić information content (AvgIpc) is 3.50. The summed E-state index contributed by atoms with van der Waals surface area (Å²) in [6.45, 7) is 3.70. The summed E-state index contributed by atoms with van der Waals surface area (Å²) in [6.07, 6.45) is 10.0. The van der Waals surface area contributed by atoms with E-state index in [1.54, 1.807) is 6.21 Å². The first-order valence-corrected chi connectivity index (χ1v) is 9.84. The topological polar surface area (TPSA) is 60.0 Å². The van der Waals surface area contributed by atoms with Crippen LogP contribution in [0.2, 0.25) is 0 Å². The molecule has 4 heteroatoms. The predicted octanol–water partition coefficient (Wildman–Crippen LogP) is 3.70. The van der Waals surface area contributed by atoms with Crippen molar-refractivity contribution in [3.63, 3.8) is 0 Å². The Morgan fingerprint density at radius 3 is 2.88 bits per heavy atom. The van der Waals surface area contributed by atoms with Crippen LogP contribution in [0.1, 0.15) is 62.1 Å². The molecule has 4 nitrogen and oxygen atoms in total. The third kappa shape index (κ3) is 5.44. The first-order valence-electron chi connectivity index (χ1n) is 9.84. The number of benzene rings is 1. The molecule has 0 amide bonds. The molecule has 1 aliphatic carbocycles. The molecule has 1 unspecified atom stereocenters. The summed E-state index contributed by atoms with van der Waals surface area (Å²) < 4.78 is 5.73. The van der Waals surface area contributed by atoms with Crippen LogP contribution in [0.3, 0.4) is 0 Å². The second kappa shape index (κ2) is 9.54. The third-order valence-corrected chi connectivity index (χ3v) is 4.83. The molecule has 2 aliphatic rings. The monoisotopic (exact) mass is 351 g/mol. The molecule has 3 rings (SSSR count). The highest BCUT2D eigenvalue weighted by Crippen LogP contribution is 2.27. The Bertz CT molecular complexity index is 717. The molecule has 2 fully saturated rings. The summed E-state index contributed by atoms with van der Waals surface area (Å²) in [5.41, 5.74) is 4.10. The van der Waals surface area contributed by atoms with Crippen molar-refractivity contribution in [1.82, 2.24) is 0 Å². The van der Waals surface area contributed by atoms with Gasteiger partial charge in [0.15, 0.2) is 0 Å². The molecule has 0 aromatic heterocycles. The van der Waals surface area contributed by atoms with Gasteiger partial charge in [0.25, 0.3) is 0 Å². The summed E-state index contributed by atoms with van der Waals surface area (Å²) in [5.74, 6) is 12.9. The Hall–Kier alpha value is -2.12. The van der Waals surface area contributed by atoms with Gasteiger partial charge in [0.1, 0.15) is 5.71 Å². The quantitative estimate of drug-likeness (QED) is 0.368. The summed E-state index contributed by atoms with van der Waals surface area (Å²) >= 11 is 0. The van der Waals surface area contributed by atoms with Gasteiger partial charge in [-0.2, -0.15) is 5.10 Å². The van der Waals surface area contributed by atoms with Gasteiger partial charge in [-0.15, -0.1) is 0 Å². The summed E-state index contributed by atoms with van der Waals surface area (Å²) in [6, 6.07) is 6.32. The molecule has 0 bridgehead atoms. The van der Waals surface area contributed by atoms with E-state index in [-0.39, 0.29) is 6.10 Å². The van der Waals surface area contributed by atoms with E-state index in [0.717, 1.165) is 49.1 Å². The Kier molecular flexibility index (Phi) is 6.85. The van der Waals surface area contributed by atoms with E-state index in [0.29, 0.717) is 12.5 Å². The van der Waals surface area contributed by atoms with E-state index in [1.807, 2.05) is 0 Å². The average molecular weight is 351 g/mol. The first-order chi connectivity index (χ1) is 12.8. The van der Waals surface area contributed by atoms with Crippen LogP contribution in [0.4, 0.5) is 0 Å². The Labute approximate surface area is 156 Å². The third-order valence-electron chi connectivity index (χ3n) is 4.83. The lowest BCUT2D eigenvalue weighted by Crippen LogP contribution is -2.22. The minimum atomic E-state index is 0.231. The number of nitrogens with zero attached hydrogens (tertiary/aromatic N) is 2. The van der Waals surface area contributed by atoms with E-state index in [4.69, 9.17) is 10.6 Å². The molecule has 1 atom stereocenters. The van der Waals surface area contributed by atoms with Gasteiger partial charge in [0.2, 0.25) is 0 Å². The zero-order valence-corrected chi connectivity index (χ0v) is 15.7. The van der Waals surface area contributed by atoms with Crippen LogP contribution in [0, 0.1) is 17.8 Å². The van der Waals surface area contributed by atoms with Crippen molar-refractivity contribution in [2.24, 2.45) is 21.9 Å². The Morgan fingerprint density at radius 2 is 2.19 bits per heavy atom. The van der Waals surface area contributed by atoms with Gasteiger partial charge in [0, 0.05) is 29.9 Å². The molecule has 1 heterocycles. The number of ether oxygens (including phenoxy) is 1. The summed E-state index contributed by atoms with van der Waals surface area (Å²) in [4.78, 5) is 4.55. The van der Waals surface area contributed by atoms with Crippen molar-refractivity contribution in [3.8, 4) is 11.8 Å². The lowest BCUT2D eigenvalue weighted by atomic mass is 9.97. The van der Waals surface area contributed by atoms with E-state index < -0.39 is 0 Å². The number of nitrogens with two attached hydrogens (primary N) is 1. The largest absolute Gasteiger partial charge is 0.376 e. The van der Waals surface area contributed by atoms with Crippen LogP contribution < -0.4 is 5.84 Å². The van der Waals surface area contributed by atoms with Crippen molar-refractivity contribution < 1.29 is 4.74 Å². The van der Waals surface area contributed by atoms with Crippen molar-refractivity contribution >= 4 is 11.9 Å². The number of hydrogen-bond acceptors (Lipinski definition) is 4. The smallest absolute Gasteiger partial charge is 0.108 e. The van der Waals surface area contributed by atoms with E-state index in [2.05, 4.69) is 47.1 Å². The fourth-order valence-electron chi connectivity index (χ4n) is 3.19. The van der Waals surface area contributed by atoms with Crippen molar-refractivity contribution in [3.05, 3.63) is 34.9 Å². The number of aryl methyl sites for hydroxylation is 1. The maximum Gasteiger partial charge on any atom is 0.108 e. The molecule has 26 heavy (non-hydrogen) atoms. The van der Waals surface area contributed by atoms with Crippen LogP contribution >= 0.6 is 0 Å². The molecule has 1 aromatic rings. The molecule has 1 saturated carbocycles. The lowest BCUT2D eigenvalue weighted by molar-refractivity contribution is 0.0226. The molecule has 1 aromatic carbocycles. The molecule has 1 aliphatic heterocycles. The predicted molar refractivity (Wildman–Crippen MR) is 108 cm³/mol. The Balaban J connectivity index is 1.72. The minimum absolute atomic E-state index is 0.231. The van der Waals surface area contributed by atoms with Gasteiger partial charge in [0.05, 0.1) is 12.6 Å². The highest BCUT2D eigenvalue weighted by atomic mass is 16.5. The fourth-order valence-corrected chi connectivity index (χ4v) is 3.19. The minimum Gasteiger partial charge on any atom is -0.376 e. The SMILES string of the molecule is CCCc1cc(C#CC2CC2)ccc1/C(C=NCC1CCCCO1)=N/N. The lowest BCUT2D eigenvalue weighted by Gasteiger charge is -2.20. The van der Waals surface area contributed by atoms with E-state index in [1.165, 1.54) is 24.8 Å². The van der Waals surface area contributed by atoms with Crippen LogP contribution in [-0.4, -0.2) is 31.2 Å². The standard InChI is InChI=1S/C22H29N3O/c1-2-5-19-14-18(10-9-17-7-8-17)11-12-21(19)22(25-23)16-24-15-20-6-3-4-13-26-20/h11-12,14,16-17,20H,2-8,13,15,23H2,1H3/b24-16?,25-22+. The molecule has 0 radical (unpaired) electrons. The number of rotatable bonds is 6. The van der Waals surface area contributed by atoms with Crippen LogP contribution in [0.5, 0.6) is 0 Å². The maximum absolute atomic E-state index is 5.73. The van der Waals surface area contributed by atoms with Gasteiger partial charge in [-0.1, -0.05) is 31.3 Å². The normalized spacial score (nSPS) is 20.8. The number of hydrazone groups is 1. The zero-order chi connectivity index (χ0) is 18.2. The highest BCUT2D eigenvalue weighted by molar-refractivity contribution is 6.38. The van der Waals surface area contributed by atoms with E-state index in [9.17, 15) is 0 Å². The van der Waals surface area contributed by atoms with Crippen LogP contribution in [0.25, 0.3) is 0 Å². The van der Waals surface area contributed by atoms with Crippen LogP contribution in [-0.2, 0) is 11.2 Å². The van der Waals surface area contributed by atoms with Gasteiger partial charge in [-0.05, 0) is 56.2 Å². The zero-order valence-electron chi connectivity index (χ0n) is 15.7. The molecule has 138 valence electrons. The number of aliphatic imine (C=N–C) groups is 1. The van der Waals surface area contributed by atoms with Gasteiger partial charge < -0.3 is 10.6 Å². The molecule has 1 saturated heterocycles.